The number of hydrogen-bond acceptors (Lipinski definition) is 2. The Morgan fingerprint density at radius 3 is 2.69 bits per heavy atom. The normalized spacial score (nSPS) is 11.3. The Morgan fingerprint density at radius 1 is 1.56 bits per heavy atom. The van der Waals surface area contributed by atoms with E-state index in [1.807, 2.05) is 6.92 Å². The molecule has 0 aromatic carbocycles. The van der Waals surface area contributed by atoms with Gasteiger partial charge in [-0.3, -0.25) is 4.79 Å². The first-order valence-electron chi connectivity index (χ1n) is 5.14. The van der Waals surface area contributed by atoms with Crippen LogP contribution in [0.4, 0.5) is 4.79 Å². The SMILES string of the molecule is C#CCN(C)C(=O)NC(C)CCCC(=O)O. The molecule has 0 rings (SSSR count). The van der Waals surface area contributed by atoms with Gasteiger partial charge in [0.05, 0.1) is 6.54 Å². The first kappa shape index (κ1) is 14.3. The van der Waals surface area contributed by atoms with Crippen molar-refractivity contribution in [3.8, 4) is 12.3 Å². The van der Waals surface area contributed by atoms with Gasteiger partial charge in [-0.05, 0) is 19.8 Å². The second kappa shape index (κ2) is 7.57. The van der Waals surface area contributed by atoms with Crippen LogP contribution in [0.2, 0.25) is 0 Å². The van der Waals surface area contributed by atoms with Gasteiger partial charge in [0.1, 0.15) is 0 Å². The maximum atomic E-state index is 11.4. The molecule has 90 valence electrons. The van der Waals surface area contributed by atoms with Gasteiger partial charge in [0.15, 0.2) is 0 Å². The fourth-order valence-electron chi connectivity index (χ4n) is 1.16. The van der Waals surface area contributed by atoms with E-state index in [9.17, 15) is 9.59 Å². The largest absolute Gasteiger partial charge is 0.481 e. The topological polar surface area (TPSA) is 69.6 Å². The molecule has 5 nitrogen and oxygen atoms in total. The minimum atomic E-state index is -0.817. The maximum Gasteiger partial charge on any atom is 0.318 e. The fraction of sp³-hybridized carbons (Fsp3) is 0.636. The van der Waals surface area contributed by atoms with Crippen molar-refractivity contribution in [3.63, 3.8) is 0 Å². The van der Waals surface area contributed by atoms with Crippen LogP contribution in [0.25, 0.3) is 0 Å². The highest BCUT2D eigenvalue weighted by Crippen LogP contribution is 2.01. The summed E-state index contributed by atoms with van der Waals surface area (Å²) in [6.07, 6.45) is 6.39. The number of terminal acetylenes is 1. The predicted octanol–water partition coefficient (Wildman–Crippen LogP) is 0.904. The van der Waals surface area contributed by atoms with E-state index in [0.29, 0.717) is 12.8 Å². The zero-order valence-electron chi connectivity index (χ0n) is 9.69. The minimum Gasteiger partial charge on any atom is -0.481 e. The smallest absolute Gasteiger partial charge is 0.318 e. The molecule has 0 saturated heterocycles. The lowest BCUT2D eigenvalue weighted by molar-refractivity contribution is -0.137. The molecule has 0 aliphatic rings. The molecule has 16 heavy (non-hydrogen) atoms. The molecule has 0 aromatic rings. The molecule has 2 amide bonds. The Hall–Kier alpha value is -1.70. The van der Waals surface area contributed by atoms with Gasteiger partial charge >= 0.3 is 12.0 Å². The number of aliphatic carboxylic acids is 1. The zero-order chi connectivity index (χ0) is 12.6. The highest BCUT2D eigenvalue weighted by Gasteiger charge is 2.10. The van der Waals surface area contributed by atoms with Crippen LogP contribution in [0.5, 0.6) is 0 Å². The van der Waals surface area contributed by atoms with Gasteiger partial charge in [0.25, 0.3) is 0 Å². The lowest BCUT2D eigenvalue weighted by Gasteiger charge is -2.19. The summed E-state index contributed by atoms with van der Waals surface area (Å²) in [4.78, 5) is 23.1. The number of amides is 2. The van der Waals surface area contributed by atoms with Crippen LogP contribution in [0, 0.1) is 12.3 Å². The van der Waals surface area contributed by atoms with Gasteiger partial charge in [-0.25, -0.2) is 4.79 Å². The van der Waals surface area contributed by atoms with Crippen LogP contribution in [0.1, 0.15) is 26.2 Å². The molecule has 5 heteroatoms. The Morgan fingerprint density at radius 2 is 2.19 bits per heavy atom. The molecule has 0 bridgehead atoms. The molecule has 0 spiro atoms. The Kier molecular flexibility index (Phi) is 6.77. The molecular weight excluding hydrogens is 208 g/mol. The van der Waals surface area contributed by atoms with E-state index in [0.717, 1.165) is 0 Å². The number of carboxylic acid groups (broad SMARTS) is 1. The molecule has 2 N–H and O–H groups in total. The molecule has 0 aromatic heterocycles. The molecule has 1 atom stereocenters. The third kappa shape index (κ3) is 6.71. The Balaban J connectivity index is 3.78. The number of urea groups is 1. The van der Waals surface area contributed by atoms with Crippen molar-refractivity contribution in [1.82, 2.24) is 10.2 Å². The lowest BCUT2D eigenvalue weighted by Crippen LogP contribution is -2.42. The second-order valence-corrected chi connectivity index (χ2v) is 3.70. The van der Waals surface area contributed by atoms with Crippen LogP contribution in [0.15, 0.2) is 0 Å². The molecular formula is C11H18N2O3. The van der Waals surface area contributed by atoms with Gasteiger partial charge in [0, 0.05) is 19.5 Å². The maximum absolute atomic E-state index is 11.4. The molecule has 0 saturated carbocycles. The highest BCUT2D eigenvalue weighted by atomic mass is 16.4. The van der Waals surface area contributed by atoms with Gasteiger partial charge in [-0.15, -0.1) is 6.42 Å². The summed E-state index contributed by atoms with van der Waals surface area (Å²) in [6.45, 7) is 2.09. The number of rotatable bonds is 6. The summed E-state index contributed by atoms with van der Waals surface area (Å²) in [7, 11) is 1.61. The van der Waals surface area contributed by atoms with E-state index in [2.05, 4.69) is 11.2 Å². The summed E-state index contributed by atoms with van der Waals surface area (Å²) in [5.41, 5.74) is 0. The quantitative estimate of drug-likeness (QED) is 0.661. The predicted molar refractivity (Wildman–Crippen MR) is 60.9 cm³/mol. The summed E-state index contributed by atoms with van der Waals surface area (Å²) in [5.74, 6) is 1.55. The molecule has 0 fully saturated rings. The van der Waals surface area contributed by atoms with Crippen LogP contribution < -0.4 is 5.32 Å². The summed E-state index contributed by atoms with van der Waals surface area (Å²) in [5, 5.41) is 11.2. The third-order valence-corrected chi connectivity index (χ3v) is 2.07. The zero-order valence-corrected chi connectivity index (χ0v) is 9.69. The first-order chi connectivity index (χ1) is 7.47. The number of nitrogens with one attached hydrogen (secondary N) is 1. The van der Waals surface area contributed by atoms with E-state index in [1.54, 1.807) is 7.05 Å². The van der Waals surface area contributed by atoms with E-state index in [-0.39, 0.29) is 25.0 Å². The van der Waals surface area contributed by atoms with E-state index in [1.165, 1.54) is 4.90 Å². The standard InChI is InChI=1S/C11H18N2O3/c1-4-8-13(3)11(16)12-9(2)6-5-7-10(14)15/h1,9H,5-8H2,2-3H3,(H,12,16)(H,14,15). The molecule has 1 unspecified atom stereocenters. The van der Waals surface area contributed by atoms with E-state index in [4.69, 9.17) is 11.5 Å². The average Bonchev–Trinajstić information content (AvgIpc) is 2.17. The number of nitrogens with zero attached hydrogens (tertiary/aromatic N) is 1. The molecule has 0 aliphatic heterocycles. The van der Waals surface area contributed by atoms with Crippen molar-refractivity contribution in [2.24, 2.45) is 0 Å². The second-order valence-electron chi connectivity index (χ2n) is 3.70. The minimum absolute atomic E-state index is 0.0490. The third-order valence-electron chi connectivity index (χ3n) is 2.07. The van der Waals surface area contributed by atoms with Crippen molar-refractivity contribution in [2.45, 2.75) is 32.2 Å². The van der Waals surface area contributed by atoms with Crippen molar-refractivity contribution in [2.75, 3.05) is 13.6 Å². The van der Waals surface area contributed by atoms with Crippen molar-refractivity contribution in [1.29, 1.82) is 0 Å². The number of carboxylic acids is 1. The van der Waals surface area contributed by atoms with E-state index >= 15 is 0 Å². The molecule has 0 heterocycles. The van der Waals surface area contributed by atoms with Gasteiger partial charge in [-0.2, -0.15) is 0 Å². The van der Waals surface area contributed by atoms with Gasteiger partial charge < -0.3 is 15.3 Å². The highest BCUT2D eigenvalue weighted by molar-refractivity contribution is 5.74. The average molecular weight is 226 g/mol. The first-order valence-corrected chi connectivity index (χ1v) is 5.14. The fourth-order valence-corrected chi connectivity index (χ4v) is 1.16. The van der Waals surface area contributed by atoms with Crippen LogP contribution in [0.3, 0.4) is 0 Å². The van der Waals surface area contributed by atoms with Gasteiger partial charge in [0.2, 0.25) is 0 Å². The van der Waals surface area contributed by atoms with Crippen LogP contribution in [-0.4, -0.2) is 41.6 Å². The summed E-state index contributed by atoms with van der Waals surface area (Å²) >= 11 is 0. The number of carbonyl (C=O) groups is 2. The van der Waals surface area contributed by atoms with Crippen molar-refractivity contribution < 1.29 is 14.7 Å². The summed E-state index contributed by atoms with van der Waals surface area (Å²) < 4.78 is 0. The Labute approximate surface area is 95.8 Å². The van der Waals surface area contributed by atoms with E-state index < -0.39 is 5.97 Å². The monoisotopic (exact) mass is 226 g/mol. The summed E-state index contributed by atoms with van der Waals surface area (Å²) in [6, 6.07) is -0.284. The van der Waals surface area contributed by atoms with Crippen LogP contribution >= 0.6 is 0 Å². The Bertz CT molecular complexity index is 283. The van der Waals surface area contributed by atoms with Crippen molar-refractivity contribution in [3.05, 3.63) is 0 Å². The molecule has 0 radical (unpaired) electrons. The molecule has 0 aliphatic carbocycles. The number of carbonyl (C=O) groups excluding carboxylic acids is 1. The van der Waals surface area contributed by atoms with Gasteiger partial charge in [-0.1, -0.05) is 5.92 Å². The van der Waals surface area contributed by atoms with Crippen LogP contribution in [-0.2, 0) is 4.79 Å². The number of hydrogen-bond donors (Lipinski definition) is 2. The van der Waals surface area contributed by atoms with Crippen molar-refractivity contribution >= 4 is 12.0 Å². The lowest BCUT2D eigenvalue weighted by atomic mass is 10.1.